The van der Waals surface area contributed by atoms with Crippen molar-refractivity contribution in [3.05, 3.63) is 132 Å². The lowest BCUT2D eigenvalue weighted by molar-refractivity contribution is -0.386. The van der Waals surface area contributed by atoms with E-state index in [1.54, 1.807) is 42.5 Å². The van der Waals surface area contributed by atoms with Crippen molar-refractivity contribution in [2.24, 2.45) is 5.10 Å². The highest BCUT2D eigenvalue weighted by molar-refractivity contribution is 9.10. The second-order valence-corrected chi connectivity index (χ2v) is 9.97. The molecule has 5 rings (SSSR count). The van der Waals surface area contributed by atoms with Crippen molar-refractivity contribution in [1.82, 2.24) is 9.66 Å². The molecule has 0 aliphatic heterocycles. The number of nitriles is 1. The summed E-state index contributed by atoms with van der Waals surface area (Å²) in [6.07, 6.45) is -3.52. The fraction of sp³-hybridized carbons (Fsp3) is 0.0667. The monoisotopic (exact) mass is 647 g/mol. The predicted molar refractivity (Wildman–Crippen MR) is 156 cm³/mol. The highest BCUT2D eigenvalue weighted by atomic mass is 79.9. The number of alkyl halides is 3. The van der Waals surface area contributed by atoms with Crippen molar-refractivity contribution in [2.75, 3.05) is 0 Å². The van der Waals surface area contributed by atoms with Gasteiger partial charge in [-0.2, -0.15) is 28.2 Å². The number of nitrogens with zero attached hydrogens (tertiary/aromatic N) is 5. The summed E-state index contributed by atoms with van der Waals surface area (Å²) in [5.41, 5.74) is -0.964. The lowest BCUT2D eigenvalue weighted by Gasteiger charge is -2.13. The van der Waals surface area contributed by atoms with Crippen LogP contribution in [-0.2, 0) is 12.8 Å². The molecule has 13 heteroatoms. The zero-order valence-electron chi connectivity index (χ0n) is 21.7. The second-order valence-electron chi connectivity index (χ2n) is 9.05. The number of ether oxygens (including phenoxy) is 1. The van der Waals surface area contributed by atoms with Crippen molar-refractivity contribution in [3.8, 4) is 23.2 Å². The number of halogens is 4. The van der Waals surface area contributed by atoms with E-state index in [1.807, 2.05) is 6.07 Å². The average Bonchev–Trinajstić information content (AvgIpc) is 2.99. The fourth-order valence-corrected chi connectivity index (χ4v) is 4.73. The minimum atomic E-state index is -4.65. The number of aromatic nitrogens is 2. The van der Waals surface area contributed by atoms with E-state index >= 15 is 0 Å². The molecule has 43 heavy (non-hydrogen) atoms. The molecule has 0 N–H and O–H groups in total. The zero-order chi connectivity index (χ0) is 30.7. The largest absolute Gasteiger partial charge is 0.481 e. The number of fused-ring (bicyclic) bond motifs is 1. The van der Waals surface area contributed by atoms with Crippen LogP contribution in [0.1, 0.15) is 22.3 Å². The van der Waals surface area contributed by atoms with Gasteiger partial charge in [-0.1, -0.05) is 58.4 Å². The van der Waals surface area contributed by atoms with Crippen LogP contribution in [0.5, 0.6) is 5.75 Å². The van der Waals surface area contributed by atoms with Crippen molar-refractivity contribution >= 4 is 38.7 Å². The SMILES string of the molecule is N#Cc1ccccc1COc1c(C=Nn2c(-c3cccc(C(F)(F)F)c3)nc3ccccc3c2=O)cc(Br)cc1[N+](=O)[O-]. The topological polar surface area (TPSA) is 123 Å². The highest BCUT2D eigenvalue weighted by Crippen LogP contribution is 2.35. The summed E-state index contributed by atoms with van der Waals surface area (Å²) >= 11 is 3.23. The number of nitro groups is 1. The molecule has 0 radical (unpaired) electrons. The Hall–Kier alpha value is -5.35. The first-order chi connectivity index (χ1) is 20.6. The van der Waals surface area contributed by atoms with Crippen LogP contribution >= 0.6 is 15.9 Å². The Bertz CT molecular complexity index is 2020. The first-order valence-corrected chi connectivity index (χ1v) is 13.2. The van der Waals surface area contributed by atoms with Crippen LogP contribution in [0.2, 0.25) is 0 Å². The van der Waals surface area contributed by atoms with Crippen LogP contribution in [0, 0.1) is 21.4 Å². The van der Waals surface area contributed by atoms with Crippen LogP contribution in [0.15, 0.2) is 99.3 Å². The fourth-order valence-electron chi connectivity index (χ4n) is 4.27. The smallest absolute Gasteiger partial charge is 0.416 e. The maximum Gasteiger partial charge on any atom is 0.416 e. The normalized spacial score (nSPS) is 11.5. The third-order valence-corrected chi connectivity index (χ3v) is 6.74. The molecule has 0 aliphatic rings. The van der Waals surface area contributed by atoms with Crippen molar-refractivity contribution < 1.29 is 22.8 Å². The van der Waals surface area contributed by atoms with Crippen LogP contribution in [-0.4, -0.2) is 20.8 Å². The van der Waals surface area contributed by atoms with Gasteiger partial charge in [0.25, 0.3) is 5.56 Å². The van der Waals surface area contributed by atoms with Crippen molar-refractivity contribution in [2.45, 2.75) is 12.8 Å². The first-order valence-electron chi connectivity index (χ1n) is 12.4. The van der Waals surface area contributed by atoms with Crippen molar-refractivity contribution in [3.63, 3.8) is 0 Å². The molecule has 0 atom stereocenters. The summed E-state index contributed by atoms with van der Waals surface area (Å²) in [5, 5.41) is 25.7. The molecule has 0 fully saturated rings. The lowest BCUT2D eigenvalue weighted by atomic mass is 10.1. The third kappa shape index (κ3) is 6.14. The van der Waals surface area contributed by atoms with Crippen LogP contribution in [0.3, 0.4) is 0 Å². The minimum absolute atomic E-state index is 0.0281. The van der Waals surface area contributed by atoms with Gasteiger partial charge in [-0.15, -0.1) is 0 Å². The van der Waals surface area contributed by atoms with E-state index in [-0.39, 0.29) is 40.2 Å². The maximum absolute atomic E-state index is 13.5. The van der Waals surface area contributed by atoms with Gasteiger partial charge in [-0.3, -0.25) is 14.9 Å². The van der Waals surface area contributed by atoms with E-state index in [0.717, 1.165) is 23.0 Å². The predicted octanol–water partition coefficient (Wildman–Crippen LogP) is 7.09. The molecule has 4 aromatic carbocycles. The number of rotatable bonds is 7. The number of benzene rings is 4. The van der Waals surface area contributed by atoms with Gasteiger partial charge in [-0.05, 0) is 36.4 Å². The molecule has 0 spiro atoms. The Kier molecular flexibility index (Phi) is 8.05. The molecular weight excluding hydrogens is 631 g/mol. The van der Waals surface area contributed by atoms with E-state index < -0.39 is 27.9 Å². The van der Waals surface area contributed by atoms with Gasteiger partial charge < -0.3 is 4.74 Å². The van der Waals surface area contributed by atoms with E-state index in [2.05, 4.69) is 26.0 Å². The molecule has 9 nitrogen and oxygen atoms in total. The molecule has 0 aliphatic carbocycles. The van der Waals surface area contributed by atoms with Gasteiger partial charge in [0.1, 0.15) is 6.61 Å². The first kappa shape index (κ1) is 29.2. The molecule has 5 aromatic rings. The summed E-state index contributed by atoms with van der Waals surface area (Å²) in [7, 11) is 0. The maximum atomic E-state index is 13.5. The summed E-state index contributed by atoms with van der Waals surface area (Å²) in [4.78, 5) is 29.2. The quantitative estimate of drug-likeness (QED) is 0.106. The number of nitro benzene ring substituents is 1. The van der Waals surface area contributed by atoms with E-state index in [4.69, 9.17) is 4.74 Å². The molecule has 1 heterocycles. The Labute approximate surface area is 249 Å². The van der Waals surface area contributed by atoms with Gasteiger partial charge in [0, 0.05) is 27.2 Å². The molecule has 0 saturated heterocycles. The van der Waals surface area contributed by atoms with Gasteiger partial charge in [-0.25, -0.2) is 4.98 Å². The Morgan fingerprint density at radius 2 is 1.81 bits per heavy atom. The van der Waals surface area contributed by atoms with Crippen molar-refractivity contribution in [1.29, 1.82) is 5.26 Å². The van der Waals surface area contributed by atoms with E-state index in [9.17, 15) is 33.3 Å². The summed E-state index contributed by atoms with van der Waals surface area (Å²) in [6, 6.07) is 21.9. The van der Waals surface area contributed by atoms with E-state index in [1.165, 1.54) is 30.3 Å². The van der Waals surface area contributed by atoms with Gasteiger partial charge >= 0.3 is 11.9 Å². The molecule has 0 saturated carbocycles. The Morgan fingerprint density at radius 3 is 2.56 bits per heavy atom. The number of hydrogen-bond acceptors (Lipinski definition) is 7. The number of para-hydroxylation sites is 1. The number of hydrogen-bond donors (Lipinski definition) is 0. The van der Waals surface area contributed by atoms with Crippen LogP contribution in [0.4, 0.5) is 18.9 Å². The molecule has 0 bridgehead atoms. The third-order valence-electron chi connectivity index (χ3n) is 6.28. The molecule has 0 unspecified atom stereocenters. The average molecular weight is 648 g/mol. The van der Waals surface area contributed by atoms with Gasteiger partial charge in [0.2, 0.25) is 5.75 Å². The Balaban J connectivity index is 1.67. The van der Waals surface area contributed by atoms with Gasteiger partial charge in [0.05, 0.1) is 39.2 Å². The van der Waals surface area contributed by atoms with E-state index in [0.29, 0.717) is 15.6 Å². The summed E-state index contributed by atoms with van der Waals surface area (Å²) in [5.74, 6) is -0.381. The minimum Gasteiger partial charge on any atom is -0.481 e. The van der Waals surface area contributed by atoms with Crippen LogP contribution in [0.25, 0.3) is 22.3 Å². The summed E-state index contributed by atoms with van der Waals surface area (Å²) in [6.45, 7) is -0.194. The molecule has 1 aromatic heterocycles. The van der Waals surface area contributed by atoms with Gasteiger partial charge in [0.15, 0.2) is 5.82 Å². The molecule has 0 amide bonds. The second kappa shape index (κ2) is 11.9. The highest BCUT2D eigenvalue weighted by Gasteiger charge is 2.31. The Morgan fingerprint density at radius 1 is 1.07 bits per heavy atom. The molecular formula is C30H17BrF3N5O4. The summed E-state index contributed by atoms with van der Waals surface area (Å²) < 4.78 is 47.5. The lowest BCUT2D eigenvalue weighted by Crippen LogP contribution is -2.20. The zero-order valence-corrected chi connectivity index (χ0v) is 23.3. The standard InChI is InChI=1S/C30H17BrF3N5O4/c31-23-13-21(27(26(14-23)39(41)42)43-17-20-7-2-1-6-19(20)15-35)16-36-38-28(18-8-5-9-22(12-18)30(32,33)34)37-25-11-4-3-10-24(25)29(38)40/h1-14,16H,17H2. The molecule has 214 valence electrons. The van der Waals surface area contributed by atoms with Crippen LogP contribution < -0.4 is 10.3 Å².